The predicted molar refractivity (Wildman–Crippen MR) is 91.6 cm³/mol. The number of carbonyl (C=O) groups excluding carboxylic acids is 1. The van der Waals surface area contributed by atoms with Gasteiger partial charge in [-0.05, 0) is 30.9 Å². The Kier molecular flexibility index (Phi) is 4.79. The van der Waals surface area contributed by atoms with Crippen molar-refractivity contribution in [3.63, 3.8) is 0 Å². The Morgan fingerprint density at radius 1 is 1.38 bits per heavy atom. The van der Waals surface area contributed by atoms with Gasteiger partial charge in [-0.2, -0.15) is 0 Å². The fourth-order valence-corrected chi connectivity index (χ4v) is 4.49. The second kappa shape index (κ2) is 6.69. The van der Waals surface area contributed by atoms with Crippen LogP contribution in [0.3, 0.4) is 0 Å². The lowest BCUT2D eigenvalue weighted by molar-refractivity contribution is -0.170. The topological polar surface area (TPSA) is 66.8 Å². The average Bonchev–Trinajstić information content (AvgIpc) is 2.60. The van der Waals surface area contributed by atoms with E-state index in [1.807, 2.05) is 50.3 Å². The molecule has 130 valence electrons. The molecule has 2 N–H and O–H groups in total. The van der Waals surface area contributed by atoms with Gasteiger partial charge in [0.05, 0.1) is 6.10 Å². The summed E-state index contributed by atoms with van der Waals surface area (Å²) in [5.74, 6) is 1.09. The summed E-state index contributed by atoms with van der Waals surface area (Å²) in [6.45, 7) is 4.13. The highest BCUT2D eigenvalue weighted by Crippen LogP contribution is 2.58. The molecule has 1 aromatic rings. The first-order valence-corrected chi connectivity index (χ1v) is 8.70. The van der Waals surface area contributed by atoms with Gasteiger partial charge in [-0.25, -0.2) is 0 Å². The van der Waals surface area contributed by atoms with Crippen LogP contribution < -0.4 is 4.74 Å². The summed E-state index contributed by atoms with van der Waals surface area (Å²) in [4.78, 5) is 12.2. The number of benzene rings is 1. The number of ether oxygens (including phenoxy) is 1. The normalized spacial score (nSPS) is 36.9. The van der Waals surface area contributed by atoms with Crippen molar-refractivity contribution in [1.29, 1.82) is 0 Å². The quantitative estimate of drug-likeness (QED) is 0.815. The zero-order chi connectivity index (χ0) is 17.3. The summed E-state index contributed by atoms with van der Waals surface area (Å²) in [6, 6.07) is 9.35. The maximum atomic E-state index is 12.2. The molecule has 6 atom stereocenters. The number of aliphatic hydroxyl groups excluding tert-OH is 2. The molecule has 4 heteroatoms. The van der Waals surface area contributed by atoms with Gasteiger partial charge in [0.25, 0.3) is 0 Å². The van der Waals surface area contributed by atoms with Crippen molar-refractivity contribution in [3.05, 3.63) is 42.5 Å². The molecule has 2 aliphatic carbocycles. The number of ketones is 1. The predicted octanol–water partition coefficient (Wildman–Crippen LogP) is 2.59. The van der Waals surface area contributed by atoms with Crippen LogP contribution in [-0.2, 0) is 4.79 Å². The van der Waals surface area contributed by atoms with Gasteiger partial charge in [0, 0.05) is 17.3 Å². The van der Waals surface area contributed by atoms with E-state index in [1.165, 1.54) is 0 Å². The third kappa shape index (κ3) is 3.01. The van der Waals surface area contributed by atoms with Crippen LogP contribution in [-0.4, -0.2) is 34.8 Å². The van der Waals surface area contributed by atoms with Gasteiger partial charge in [0.15, 0.2) is 0 Å². The molecule has 2 fully saturated rings. The van der Waals surface area contributed by atoms with Gasteiger partial charge >= 0.3 is 0 Å². The molecule has 0 heterocycles. The van der Waals surface area contributed by atoms with Crippen LogP contribution in [0.15, 0.2) is 42.5 Å². The molecule has 0 radical (unpaired) electrons. The number of carbonyl (C=O) groups is 1. The molecule has 1 unspecified atom stereocenters. The number of hydrogen-bond acceptors (Lipinski definition) is 4. The van der Waals surface area contributed by atoms with E-state index in [2.05, 4.69) is 0 Å². The lowest BCUT2D eigenvalue weighted by Gasteiger charge is -2.57. The molecule has 0 saturated heterocycles. The number of Topliss-reactive ketones (excluding diaryl/α,β-unsaturated/α-hetero) is 1. The Balaban J connectivity index is 1.61. The summed E-state index contributed by atoms with van der Waals surface area (Å²) in [5.41, 5.74) is -0.306. The lowest BCUT2D eigenvalue weighted by atomic mass is 9.45. The summed E-state index contributed by atoms with van der Waals surface area (Å²) >= 11 is 0. The van der Waals surface area contributed by atoms with Crippen LogP contribution in [0.4, 0.5) is 0 Å². The van der Waals surface area contributed by atoms with Gasteiger partial charge in [0.1, 0.15) is 24.2 Å². The van der Waals surface area contributed by atoms with Crippen LogP contribution >= 0.6 is 0 Å². The first-order valence-electron chi connectivity index (χ1n) is 8.70. The number of aliphatic hydroxyl groups is 2. The first kappa shape index (κ1) is 17.2. The first-order chi connectivity index (χ1) is 11.4. The van der Waals surface area contributed by atoms with Gasteiger partial charge < -0.3 is 14.9 Å². The molecule has 24 heavy (non-hydrogen) atoms. The Hall–Kier alpha value is -1.65. The van der Waals surface area contributed by atoms with Gasteiger partial charge in [-0.1, -0.05) is 44.2 Å². The lowest BCUT2D eigenvalue weighted by Crippen LogP contribution is -2.62. The second-order valence-corrected chi connectivity index (χ2v) is 7.36. The maximum Gasteiger partial charge on any atom is 0.142 e. The van der Waals surface area contributed by atoms with Crippen molar-refractivity contribution >= 4 is 5.78 Å². The summed E-state index contributed by atoms with van der Waals surface area (Å²) in [7, 11) is 0. The fraction of sp³-hybridized carbons (Fsp3) is 0.550. The molecule has 0 aromatic heterocycles. The molecular formula is C20H26O4. The highest BCUT2D eigenvalue weighted by molar-refractivity contribution is 5.93. The van der Waals surface area contributed by atoms with Crippen molar-refractivity contribution in [2.24, 2.45) is 23.2 Å². The number of rotatable bonds is 5. The van der Waals surface area contributed by atoms with Crippen LogP contribution in [0.2, 0.25) is 0 Å². The number of para-hydroxylation sites is 1. The third-order valence-electron chi connectivity index (χ3n) is 5.79. The Morgan fingerprint density at radius 3 is 2.79 bits per heavy atom. The molecule has 3 rings (SSSR count). The molecule has 0 aliphatic heterocycles. The van der Waals surface area contributed by atoms with Crippen molar-refractivity contribution in [3.8, 4) is 5.75 Å². The van der Waals surface area contributed by atoms with E-state index in [9.17, 15) is 15.0 Å². The zero-order valence-corrected chi connectivity index (χ0v) is 14.3. The highest BCUT2D eigenvalue weighted by atomic mass is 16.5. The van der Waals surface area contributed by atoms with E-state index in [0.717, 1.165) is 6.42 Å². The van der Waals surface area contributed by atoms with E-state index in [1.54, 1.807) is 6.08 Å². The van der Waals surface area contributed by atoms with Crippen molar-refractivity contribution in [2.45, 2.75) is 38.9 Å². The molecular weight excluding hydrogens is 304 g/mol. The van der Waals surface area contributed by atoms with Crippen LogP contribution in [0, 0.1) is 23.2 Å². The SMILES string of the molecule is CC1C(=O)[C@]2(C)CC[C@H](O)[C@@H](/C=C/[C@H](O)COc3ccccc3)[C@H]12. The van der Waals surface area contributed by atoms with Crippen molar-refractivity contribution in [1.82, 2.24) is 0 Å². The molecule has 1 aromatic carbocycles. The van der Waals surface area contributed by atoms with E-state index in [4.69, 9.17) is 4.74 Å². The van der Waals surface area contributed by atoms with E-state index in [-0.39, 0.29) is 29.8 Å². The second-order valence-electron chi connectivity index (χ2n) is 7.36. The smallest absolute Gasteiger partial charge is 0.142 e. The monoisotopic (exact) mass is 330 g/mol. The summed E-state index contributed by atoms with van der Waals surface area (Å²) in [6.07, 6.45) is 3.78. The minimum Gasteiger partial charge on any atom is -0.491 e. The minimum absolute atomic E-state index is 0.0164. The van der Waals surface area contributed by atoms with Crippen molar-refractivity contribution in [2.75, 3.05) is 6.61 Å². The molecule has 0 bridgehead atoms. The standard InChI is InChI=1S/C20H26O4/c1-13-18-16(17(22)10-11-20(18,2)19(13)23)9-8-14(21)12-24-15-6-4-3-5-7-15/h3-9,13-14,16-18,21-22H,10-12H2,1-2H3/b9-8+/t13?,14-,16+,17-,18-,20+/m0/s1. The average molecular weight is 330 g/mol. The number of fused-ring (bicyclic) bond motifs is 1. The minimum atomic E-state index is -0.739. The zero-order valence-electron chi connectivity index (χ0n) is 14.3. The largest absolute Gasteiger partial charge is 0.491 e. The molecule has 0 spiro atoms. The third-order valence-corrected chi connectivity index (χ3v) is 5.79. The van der Waals surface area contributed by atoms with Gasteiger partial charge in [-0.3, -0.25) is 4.79 Å². The highest BCUT2D eigenvalue weighted by Gasteiger charge is 2.61. The van der Waals surface area contributed by atoms with E-state index in [0.29, 0.717) is 18.0 Å². The van der Waals surface area contributed by atoms with E-state index >= 15 is 0 Å². The summed E-state index contributed by atoms with van der Waals surface area (Å²) in [5, 5.41) is 20.5. The van der Waals surface area contributed by atoms with Gasteiger partial charge in [0.2, 0.25) is 0 Å². The Labute approximate surface area is 143 Å². The van der Waals surface area contributed by atoms with Crippen molar-refractivity contribution < 1.29 is 19.7 Å². The Bertz CT molecular complexity index is 611. The van der Waals surface area contributed by atoms with Crippen LogP contribution in [0.25, 0.3) is 0 Å². The fourth-order valence-electron chi connectivity index (χ4n) is 4.49. The van der Waals surface area contributed by atoms with Crippen LogP contribution in [0.1, 0.15) is 26.7 Å². The van der Waals surface area contributed by atoms with E-state index < -0.39 is 12.2 Å². The molecule has 2 saturated carbocycles. The molecule has 0 amide bonds. The molecule has 4 nitrogen and oxygen atoms in total. The maximum absolute atomic E-state index is 12.2. The van der Waals surface area contributed by atoms with Gasteiger partial charge in [-0.15, -0.1) is 0 Å². The number of hydrogen-bond donors (Lipinski definition) is 2. The molecule has 2 aliphatic rings. The summed E-state index contributed by atoms with van der Waals surface area (Å²) < 4.78 is 5.54. The Morgan fingerprint density at radius 2 is 2.08 bits per heavy atom. The van der Waals surface area contributed by atoms with Crippen LogP contribution in [0.5, 0.6) is 5.75 Å².